The van der Waals surface area contributed by atoms with Gasteiger partial charge in [0.05, 0.1) is 59.3 Å². The largest absolute Gasteiger partial charge is 0.415 e. The summed E-state index contributed by atoms with van der Waals surface area (Å²) in [6.45, 7) is 15.6. The normalized spacial score (nSPS) is 22.6. The van der Waals surface area contributed by atoms with Gasteiger partial charge in [0.15, 0.2) is 0 Å². The second kappa shape index (κ2) is 32.5. The highest BCUT2D eigenvalue weighted by atomic mass is 32.2. The molecule has 2 bridgehead atoms. The summed E-state index contributed by atoms with van der Waals surface area (Å²) in [4.78, 5) is 91.6. The van der Waals surface area contributed by atoms with Gasteiger partial charge in [0.2, 0.25) is 33.7 Å². The van der Waals surface area contributed by atoms with Crippen LogP contribution in [-0.4, -0.2) is 192 Å². The van der Waals surface area contributed by atoms with E-state index >= 15 is 0 Å². The van der Waals surface area contributed by atoms with Crippen LogP contribution in [0.1, 0.15) is 162 Å². The number of nitrogens with one attached hydrogen (secondary N) is 3. The van der Waals surface area contributed by atoms with Gasteiger partial charge in [0.25, 0.3) is 5.91 Å². The van der Waals surface area contributed by atoms with E-state index in [2.05, 4.69) is 48.8 Å². The van der Waals surface area contributed by atoms with Crippen LogP contribution in [0.3, 0.4) is 0 Å². The van der Waals surface area contributed by atoms with Crippen molar-refractivity contribution in [2.24, 2.45) is 29.6 Å². The molecule has 3 aliphatic heterocycles. The number of hydrogen-bond acceptors (Lipinski definition) is 16. The molecule has 4 heterocycles. The lowest BCUT2D eigenvalue weighted by molar-refractivity contribution is -0.148. The van der Waals surface area contributed by atoms with E-state index in [0.717, 1.165) is 36.6 Å². The second-order valence-corrected chi connectivity index (χ2v) is 30.7. The van der Waals surface area contributed by atoms with E-state index in [0.29, 0.717) is 79.5 Å². The number of piperidine rings is 1. The Morgan fingerprint density at radius 1 is 0.747 bits per heavy atom. The Balaban J connectivity index is 0.960. The Hall–Kier alpha value is -4.49. The van der Waals surface area contributed by atoms with Crippen LogP contribution in [-0.2, 0) is 67.9 Å². The number of sulfonamides is 1. The first kappa shape index (κ1) is 70.0. The lowest BCUT2D eigenvalue weighted by atomic mass is 9.89. The maximum Gasteiger partial charge on any atom is 0.415 e. The molecule has 6 amide bonds. The third-order valence-corrected chi connectivity index (χ3v) is 23.4. The van der Waals surface area contributed by atoms with Crippen molar-refractivity contribution < 1.29 is 51.4 Å². The summed E-state index contributed by atoms with van der Waals surface area (Å²) in [6.07, 6.45) is 11.2. The molecule has 7 rings (SSSR count). The van der Waals surface area contributed by atoms with E-state index in [4.69, 9.17) is 19.3 Å². The summed E-state index contributed by atoms with van der Waals surface area (Å²) in [6, 6.07) is 2.92. The highest BCUT2D eigenvalue weighted by molar-refractivity contribution is 7.99. The van der Waals surface area contributed by atoms with E-state index in [1.54, 1.807) is 52.9 Å². The number of carbonyl (C=O) groups is 6. The van der Waals surface area contributed by atoms with Crippen LogP contribution in [0.25, 0.3) is 0 Å². The molecule has 87 heavy (non-hydrogen) atoms. The number of likely N-dealkylation sites (N-methyl/N-ethyl adjacent to an activating group) is 2. The molecule has 488 valence electrons. The average molecular weight is 1270 g/mol. The highest BCUT2D eigenvalue weighted by Gasteiger charge is 2.45. The van der Waals surface area contributed by atoms with Crippen LogP contribution in [0, 0.1) is 29.6 Å². The van der Waals surface area contributed by atoms with Gasteiger partial charge in [-0.3, -0.25) is 33.6 Å². The summed E-state index contributed by atoms with van der Waals surface area (Å²) >= 11 is 4.13. The first-order valence-corrected chi connectivity index (χ1v) is 35.7. The van der Waals surface area contributed by atoms with Crippen LogP contribution < -0.4 is 20.1 Å². The van der Waals surface area contributed by atoms with E-state index in [-0.39, 0.29) is 48.3 Å². The van der Waals surface area contributed by atoms with Crippen molar-refractivity contribution in [2.75, 3.05) is 55.0 Å². The number of fused-ring (bicyclic) bond motifs is 4. The number of thioether (sulfide) groups is 2. The lowest BCUT2D eigenvalue weighted by Crippen LogP contribution is -2.59. The van der Waals surface area contributed by atoms with Gasteiger partial charge in [-0.15, -0.1) is 5.10 Å². The highest BCUT2D eigenvalue weighted by Crippen LogP contribution is 2.37. The summed E-state index contributed by atoms with van der Waals surface area (Å²) in [7, 11) is 4.39. The van der Waals surface area contributed by atoms with Crippen LogP contribution in [0.5, 0.6) is 5.75 Å². The monoisotopic (exact) mass is 1270 g/mol. The molecule has 2 aliphatic carbocycles. The second-order valence-electron chi connectivity index (χ2n) is 26.1. The molecule has 2 aromatic rings. The molecule has 0 spiro atoms. The molecule has 2 saturated heterocycles. The molecule has 0 radical (unpaired) electrons. The van der Waals surface area contributed by atoms with E-state index in [1.165, 1.54) is 64.9 Å². The Labute approximate surface area is 526 Å². The van der Waals surface area contributed by atoms with Crippen molar-refractivity contribution in [3.05, 3.63) is 41.2 Å². The number of methoxy groups -OCH3 is 2. The third kappa shape index (κ3) is 18.8. The fourth-order valence-corrected chi connectivity index (χ4v) is 17.3. The Kier molecular flexibility index (Phi) is 26.1. The van der Waals surface area contributed by atoms with Crippen LogP contribution in [0.4, 0.5) is 4.79 Å². The number of amides is 6. The SMILES string of the molecule is CC[C@H](C)[C@@H]([C@@H](CC(=O)N1CCC[C@H]1[C@H](OC)[C@@H](C)C(=O)N[C@@H](Cc1ccc(OC(=O)N2CCC(Cn3nnc4c3CSC3CCCCCC(CC3)SC4)CC2)cc1)C(=O)NS(=O)(=O)C1CC1)OC)N(C)C(=O)[C@@H](NC(=O)[C@H](C(C)C)N(C)C)C(C)C. The number of rotatable bonds is 26. The number of hydrogen-bond donors (Lipinski definition) is 3. The number of benzene rings is 1. The lowest BCUT2D eigenvalue weighted by Gasteiger charge is -2.41. The Morgan fingerprint density at radius 3 is 1.99 bits per heavy atom. The smallest absolute Gasteiger partial charge is 0.410 e. The fraction of sp³-hybridized carbons (Fsp3) is 0.778. The minimum Gasteiger partial charge on any atom is -0.410 e. The van der Waals surface area contributed by atoms with E-state index in [1.807, 2.05) is 60.5 Å². The molecule has 3 N–H and O–H groups in total. The zero-order chi connectivity index (χ0) is 63.3. The van der Waals surface area contributed by atoms with Gasteiger partial charge in [-0.25, -0.2) is 17.9 Å². The van der Waals surface area contributed by atoms with Crippen molar-refractivity contribution >= 4 is 69.2 Å². The molecular formula is C63H102N10O11S3. The molecule has 1 aromatic heterocycles. The van der Waals surface area contributed by atoms with Crippen molar-refractivity contribution in [3.8, 4) is 5.75 Å². The minimum absolute atomic E-state index is 0.000423. The fourth-order valence-electron chi connectivity index (χ4n) is 13.3. The number of nitrogens with zero attached hydrogens (tertiary/aromatic N) is 7. The molecule has 4 fully saturated rings. The van der Waals surface area contributed by atoms with Gasteiger partial charge in [0, 0.05) is 75.9 Å². The zero-order valence-corrected chi connectivity index (χ0v) is 56.3. The van der Waals surface area contributed by atoms with Crippen LogP contribution in [0.2, 0.25) is 0 Å². The number of ether oxygens (including phenoxy) is 3. The molecule has 11 atom stereocenters. The maximum atomic E-state index is 14.6. The topological polar surface area (TPSA) is 244 Å². The summed E-state index contributed by atoms with van der Waals surface area (Å²) in [5.74, 6) is -1.02. The van der Waals surface area contributed by atoms with Crippen molar-refractivity contribution in [2.45, 2.75) is 227 Å². The van der Waals surface area contributed by atoms with Gasteiger partial charge in [-0.1, -0.05) is 91.5 Å². The van der Waals surface area contributed by atoms with Crippen molar-refractivity contribution in [3.63, 3.8) is 0 Å². The number of aromatic nitrogens is 3. The number of likely N-dealkylation sites (tertiary alicyclic amines) is 2. The van der Waals surface area contributed by atoms with E-state index < -0.39 is 81.5 Å². The van der Waals surface area contributed by atoms with Gasteiger partial charge in [-0.2, -0.15) is 23.5 Å². The summed E-state index contributed by atoms with van der Waals surface area (Å²) in [5, 5.41) is 15.9. The molecule has 2 unspecified atom stereocenters. The minimum atomic E-state index is -3.99. The summed E-state index contributed by atoms with van der Waals surface area (Å²) in [5.41, 5.74) is 2.94. The van der Waals surface area contributed by atoms with Crippen LogP contribution in [0.15, 0.2) is 24.3 Å². The van der Waals surface area contributed by atoms with E-state index in [9.17, 15) is 37.2 Å². The van der Waals surface area contributed by atoms with Gasteiger partial charge in [0.1, 0.15) is 17.8 Å². The quantitative estimate of drug-likeness (QED) is 0.0829. The summed E-state index contributed by atoms with van der Waals surface area (Å²) < 4.78 is 48.6. The molecular weight excluding hydrogens is 1170 g/mol. The molecule has 21 nitrogen and oxygen atoms in total. The predicted molar refractivity (Wildman–Crippen MR) is 340 cm³/mol. The van der Waals surface area contributed by atoms with Crippen molar-refractivity contribution in [1.29, 1.82) is 0 Å². The van der Waals surface area contributed by atoms with Gasteiger partial charge < -0.3 is 39.5 Å². The van der Waals surface area contributed by atoms with Crippen LogP contribution >= 0.6 is 23.5 Å². The molecule has 5 aliphatic rings. The van der Waals surface area contributed by atoms with Crippen molar-refractivity contribution in [1.82, 2.24) is 49.9 Å². The molecule has 1 aromatic carbocycles. The maximum absolute atomic E-state index is 14.6. The average Bonchev–Trinajstić information content (AvgIpc) is 2.22. The molecule has 2 saturated carbocycles. The van der Waals surface area contributed by atoms with Gasteiger partial charge >= 0.3 is 6.09 Å². The Bertz CT molecular complexity index is 2710. The number of carbonyl (C=O) groups excluding carboxylic acids is 6. The third-order valence-electron chi connectivity index (χ3n) is 18.8. The van der Waals surface area contributed by atoms with Gasteiger partial charge in [-0.05, 0) is 120 Å². The Morgan fingerprint density at radius 2 is 1.40 bits per heavy atom. The predicted octanol–water partition coefficient (Wildman–Crippen LogP) is 7.43. The molecule has 24 heteroatoms. The standard InChI is InChI=1S/C63H102N10O11S3/c1-13-41(6)57(70(10)62(78)55(39(2)3)65-61(77)56(40(4)5)69(8)9)53(82-11)35-54(74)72-31-17-20-51(72)58(83-12)42(7)59(75)64-49(60(76)67-87(80,81)48-27-28-48)34-43-21-23-45(24-22-43)84-63(79)71-32-29-44(30-33-71)36-73-52-38-86-47-19-16-14-15-18-46(25-26-47)85-37-50(52)66-68-73/h21-24,39-42,44,46-49,51,53,55-58H,13-20,25-38H2,1-12H3,(H,64,75)(H,65,77)(H,67,76)/t41-,42+,46?,47?,49-,51-,53+,55-,56-,57-,58+/m0/s1. The zero-order valence-electron chi connectivity index (χ0n) is 53.9. The first-order valence-electron chi connectivity index (χ1n) is 32.1. The first-order chi connectivity index (χ1) is 41.4.